The van der Waals surface area contributed by atoms with Crippen molar-refractivity contribution in [3.05, 3.63) is 22.2 Å². The average Bonchev–Trinajstić information content (AvgIpc) is 2.39. The smallest absolute Gasteiger partial charge is 0.243 e. The fourth-order valence-electron chi connectivity index (χ4n) is 1.79. The lowest BCUT2D eigenvalue weighted by Gasteiger charge is -2.23. The van der Waals surface area contributed by atoms with E-state index in [1.165, 1.54) is 7.11 Å². The Labute approximate surface area is 121 Å². The van der Waals surface area contributed by atoms with E-state index in [1.54, 1.807) is 12.1 Å². The van der Waals surface area contributed by atoms with Crippen LogP contribution in [0.1, 0.15) is 0 Å². The van der Waals surface area contributed by atoms with Gasteiger partial charge in [0.15, 0.2) is 5.75 Å². The number of rotatable bonds is 3. The first-order valence-electron chi connectivity index (χ1n) is 5.77. The van der Waals surface area contributed by atoms with Crippen LogP contribution in [0.3, 0.4) is 0 Å². The largest absolute Gasteiger partial charge is 0.494 e. The quantitative estimate of drug-likeness (QED) is 0.896. The van der Waals surface area contributed by atoms with Crippen molar-refractivity contribution < 1.29 is 14.3 Å². The first kappa shape index (κ1) is 14.4. The molecule has 7 heteroatoms. The van der Waals surface area contributed by atoms with Crippen molar-refractivity contribution in [1.82, 2.24) is 5.32 Å². The number of halogens is 2. The van der Waals surface area contributed by atoms with E-state index in [-0.39, 0.29) is 11.9 Å². The predicted molar refractivity (Wildman–Crippen MR) is 74.3 cm³/mol. The lowest BCUT2D eigenvalue weighted by molar-refractivity contribution is -0.120. The summed E-state index contributed by atoms with van der Waals surface area (Å²) in [4.78, 5) is 12.0. The third-order valence-electron chi connectivity index (χ3n) is 2.71. The van der Waals surface area contributed by atoms with Crippen molar-refractivity contribution in [2.75, 3.05) is 32.2 Å². The number of nitrogens with one attached hydrogen (secondary N) is 2. The standard InChI is InChI=1S/C12H14Cl2N2O3/c1-18-11-8(13)4-7(5-9(11)14)16-12(17)10-6-19-3-2-15-10/h4-5,10,15H,2-3,6H2,1H3,(H,16,17)/t10-/m1/s1. The van der Waals surface area contributed by atoms with Crippen LogP contribution in [0.2, 0.25) is 10.0 Å². The molecule has 1 aliphatic heterocycles. The van der Waals surface area contributed by atoms with Crippen LogP contribution in [0.15, 0.2) is 12.1 Å². The molecular weight excluding hydrogens is 291 g/mol. The summed E-state index contributed by atoms with van der Waals surface area (Å²) in [5, 5.41) is 6.49. The van der Waals surface area contributed by atoms with Gasteiger partial charge in [-0.05, 0) is 12.1 Å². The number of amides is 1. The van der Waals surface area contributed by atoms with E-state index in [1.807, 2.05) is 0 Å². The summed E-state index contributed by atoms with van der Waals surface area (Å²) in [7, 11) is 1.48. The summed E-state index contributed by atoms with van der Waals surface area (Å²) in [6.07, 6.45) is 0. The van der Waals surface area contributed by atoms with E-state index in [2.05, 4.69) is 10.6 Å². The Hall–Kier alpha value is -1.01. The van der Waals surface area contributed by atoms with Crippen LogP contribution in [0.4, 0.5) is 5.69 Å². The van der Waals surface area contributed by atoms with Crippen LogP contribution >= 0.6 is 23.2 Å². The van der Waals surface area contributed by atoms with Crippen LogP contribution in [-0.4, -0.2) is 38.8 Å². The van der Waals surface area contributed by atoms with Crippen LogP contribution < -0.4 is 15.4 Å². The minimum atomic E-state index is -0.367. The van der Waals surface area contributed by atoms with Gasteiger partial charge in [-0.3, -0.25) is 4.79 Å². The minimum absolute atomic E-state index is 0.183. The van der Waals surface area contributed by atoms with Crippen LogP contribution in [0.5, 0.6) is 5.75 Å². The van der Waals surface area contributed by atoms with E-state index in [0.29, 0.717) is 41.2 Å². The van der Waals surface area contributed by atoms with Crippen molar-refractivity contribution in [2.24, 2.45) is 0 Å². The summed E-state index contributed by atoms with van der Waals surface area (Å²) in [5.41, 5.74) is 0.521. The summed E-state index contributed by atoms with van der Waals surface area (Å²) in [6, 6.07) is 2.82. The number of hydrogen-bond donors (Lipinski definition) is 2. The summed E-state index contributed by atoms with van der Waals surface area (Å²) < 4.78 is 10.3. The van der Waals surface area contributed by atoms with Gasteiger partial charge in [0.25, 0.3) is 0 Å². The van der Waals surface area contributed by atoms with Gasteiger partial charge >= 0.3 is 0 Å². The lowest BCUT2D eigenvalue weighted by Crippen LogP contribution is -2.48. The normalized spacial score (nSPS) is 19.0. The average molecular weight is 305 g/mol. The predicted octanol–water partition coefficient (Wildman–Crippen LogP) is 1.93. The van der Waals surface area contributed by atoms with Gasteiger partial charge < -0.3 is 20.1 Å². The molecule has 0 bridgehead atoms. The van der Waals surface area contributed by atoms with Gasteiger partial charge in [0.2, 0.25) is 5.91 Å². The highest BCUT2D eigenvalue weighted by atomic mass is 35.5. The summed E-state index contributed by atoms with van der Waals surface area (Å²) >= 11 is 12.0. The van der Waals surface area contributed by atoms with E-state index in [4.69, 9.17) is 32.7 Å². The molecule has 1 heterocycles. The molecule has 1 aromatic rings. The number of anilines is 1. The molecule has 1 fully saturated rings. The van der Waals surface area contributed by atoms with E-state index in [9.17, 15) is 4.79 Å². The third-order valence-corrected chi connectivity index (χ3v) is 3.27. The molecule has 0 aromatic heterocycles. The fourth-order valence-corrected chi connectivity index (χ4v) is 2.43. The first-order chi connectivity index (χ1) is 9.11. The Morgan fingerprint density at radius 3 is 2.68 bits per heavy atom. The Balaban J connectivity index is 2.08. The molecule has 1 atom stereocenters. The van der Waals surface area contributed by atoms with Gasteiger partial charge in [-0.2, -0.15) is 0 Å². The Morgan fingerprint density at radius 1 is 1.47 bits per heavy atom. The molecule has 0 spiro atoms. The number of ether oxygens (including phenoxy) is 2. The molecule has 0 aliphatic carbocycles. The number of methoxy groups -OCH3 is 1. The topological polar surface area (TPSA) is 59.6 Å². The van der Waals surface area contributed by atoms with Crippen LogP contribution in [0.25, 0.3) is 0 Å². The molecule has 0 unspecified atom stereocenters. The zero-order valence-electron chi connectivity index (χ0n) is 10.3. The maximum atomic E-state index is 12.0. The van der Waals surface area contributed by atoms with Crippen molar-refractivity contribution in [2.45, 2.75) is 6.04 Å². The Morgan fingerprint density at radius 2 is 2.16 bits per heavy atom. The van der Waals surface area contributed by atoms with Crippen molar-refractivity contribution in [3.8, 4) is 5.75 Å². The van der Waals surface area contributed by atoms with Gasteiger partial charge in [-0.1, -0.05) is 23.2 Å². The number of carbonyl (C=O) groups excluding carboxylic acids is 1. The molecule has 0 radical (unpaired) electrons. The lowest BCUT2D eigenvalue weighted by atomic mass is 10.2. The number of hydrogen-bond acceptors (Lipinski definition) is 4. The highest BCUT2D eigenvalue weighted by molar-refractivity contribution is 6.37. The molecule has 1 aliphatic rings. The Kier molecular flexibility index (Phi) is 4.87. The molecule has 1 saturated heterocycles. The van der Waals surface area contributed by atoms with Crippen molar-refractivity contribution >= 4 is 34.8 Å². The maximum absolute atomic E-state index is 12.0. The first-order valence-corrected chi connectivity index (χ1v) is 6.52. The van der Waals surface area contributed by atoms with Crippen molar-refractivity contribution in [1.29, 1.82) is 0 Å². The zero-order valence-corrected chi connectivity index (χ0v) is 11.8. The van der Waals surface area contributed by atoms with E-state index in [0.717, 1.165) is 0 Å². The monoisotopic (exact) mass is 304 g/mol. The summed E-state index contributed by atoms with van der Waals surface area (Å²) in [6.45, 7) is 1.62. The van der Waals surface area contributed by atoms with Crippen LogP contribution in [-0.2, 0) is 9.53 Å². The SMILES string of the molecule is COc1c(Cl)cc(NC(=O)[C@H]2COCCN2)cc1Cl. The maximum Gasteiger partial charge on any atom is 0.243 e. The molecule has 2 N–H and O–H groups in total. The molecule has 19 heavy (non-hydrogen) atoms. The van der Waals surface area contributed by atoms with E-state index >= 15 is 0 Å². The fraction of sp³-hybridized carbons (Fsp3) is 0.417. The molecule has 2 rings (SSSR count). The molecule has 5 nitrogen and oxygen atoms in total. The van der Waals surface area contributed by atoms with Crippen LogP contribution in [0, 0.1) is 0 Å². The molecule has 104 valence electrons. The van der Waals surface area contributed by atoms with Crippen molar-refractivity contribution in [3.63, 3.8) is 0 Å². The van der Waals surface area contributed by atoms with Gasteiger partial charge in [0.05, 0.1) is 30.4 Å². The van der Waals surface area contributed by atoms with Gasteiger partial charge in [0, 0.05) is 12.2 Å². The molecular formula is C12H14Cl2N2O3. The van der Waals surface area contributed by atoms with Gasteiger partial charge in [0.1, 0.15) is 6.04 Å². The highest BCUT2D eigenvalue weighted by Gasteiger charge is 2.21. The molecule has 0 saturated carbocycles. The second-order valence-corrected chi connectivity index (χ2v) is 4.86. The van der Waals surface area contributed by atoms with E-state index < -0.39 is 0 Å². The number of benzene rings is 1. The molecule has 1 aromatic carbocycles. The minimum Gasteiger partial charge on any atom is -0.494 e. The third kappa shape index (κ3) is 3.51. The second kappa shape index (κ2) is 6.43. The molecule has 1 amide bonds. The number of carbonyl (C=O) groups is 1. The highest BCUT2D eigenvalue weighted by Crippen LogP contribution is 2.35. The second-order valence-electron chi connectivity index (χ2n) is 4.04. The van der Waals surface area contributed by atoms with Gasteiger partial charge in [-0.25, -0.2) is 0 Å². The van der Waals surface area contributed by atoms with Gasteiger partial charge in [-0.15, -0.1) is 0 Å². The zero-order chi connectivity index (χ0) is 13.8. The summed E-state index contributed by atoms with van der Waals surface area (Å²) in [5.74, 6) is 0.206. The number of morpholine rings is 1. The Bertz CT molecular complexity index is 453.